The smallest absolute Gasteiger partial charge is 0.228 e. The molecule has 2 N–H and O–H groups in total. The van der Waals surface area contributed by atoms with Crippen molar-refractivity contribution in [3.05, 3.63) is 94.8 Å². The summed E-state index contributed by atoms with van der Waals surface area (Å²) < 4.78 is 39.8. The Balaban J connectivity index is 1.43. The van der Waals surface area contributed by atoms with Gasteiger partial charge in [-0.1, -0.05) is 6.07 Å². The van der Waals surface area contributed by atoms with E-state index in [1.165, 1.54) is 41.8 Å². The predicted octanol–water partition coefficient (Wildman–Crippen LogP) is 5.40. The van der Waals surface area contributed by atoms with Crippen LogP contribution in [0.4, 0.5) is 13.9 Å². The van der Waals surface area contributed by atoms with Gasteiger partial charge in [-0.2, -0.15) is 0 Å². The number of carbonyl (C=O) groups is 1. The topological polar surface area (TPSA) is 85.4 Å². The lowest BCUT2D eigenvalue weighted by Crippen LogP contribution is -2.32. The molecule has 1 aliphatic rings. The van der Waals surface area contributed by atoms with Crippen LogP contribution in [0, 0.1) is 11.6 Å². The van der Waals surface area contributed by atoms with Crippen molar-refractivity contribution in [3.63, 3.8) is 0 Å². The predicted molar refractivity (Wildman–Crippen MR) is 131 cm³/mol. The van der Waals surface area contributed by atoms with Gasteiger partial charge in [0, 0.05) is 36.3 Å². The van der Waals surface area contributed by atoms with Gasteiger partial charge in [0.2, 0.25) is 5.91 Å². The second-order valence-electron chi connectivity index (χ2n) is 8.12. The van der Waals surface area contributed by atoms with E-state index in [1.807, 2.05) is 6.07 Å². The van der Waals surface area contributed by atoms with Crippen molar-refractivity contribution in [1.29, 1.82) is 0 Å². The number of rotatable bonds is 8. The standard InChI is InChI=1S/C26H22F2N4O3S/c27-17-3-1-4-18(12-17)35-24-13-19-16(11-23(24)34-15-22-20(28)5-2-7-29-22)6-8-30-21(19)14-25(33)32-26-31-9-10-36-26/h1-5,7,9-13,21,30H,6,8,14-15H2,(H,31,32,33)/t21-/m1/s1. The van der Waals surface area contributed by atoms with Crippen LogP contribution >= 0.6 is 11.3 Å². The molecule has 5 rings (SSSR count). The van der Waals surface area contributed by atoms with E-state index in [0.717, 1.165) is 11.1 Å². The summed E-state index contributed by atoms with van der Waals surface area (Å²) in [5, 5.41) is 8.51. The first-order valence-electron chi connectivity index (χ1n) is 11.3. The minimum atomic E-state index is -0.474. The molecule has 10 heteroatoms. The van der Waals surface area contributed by atoms with Crippen molar-refractivity contribution in [2.45, 2.75) is 25.5 Å². The number of carbonyl (C=O) groups excluding carboxylic acids is 1. The molecule has 0 radical (unpaired) electrons. The third-order valence-corrected chi connectivity index (χ3v) is 6.35. The van der Waals surface area contributed by atoms with Gasteiger partial charge in [0.1, 0.15) is 29.7 Å². The maximum Gasteiger partial charge on any atom is 0.228 e. The minimum absolute atomic E-state index is 0.108. The van der Waals surface area contributed by atoms with Crippen molar-refractivity contribution >= 4 is 22.4 Å². The fourth-order valence-electron chi connectivity index (χ4n) is 3.99. The van der Waals surface area contributed by atoms with E-state index in [1.54, 1.807) is 29.8 Å². The molecule has 1 aliphatic heterocycles. The number of nitrogens with zero attached hydrogens (tertiary/aromatic N) is 2. The maximum absolute atomic E-state index is 14.1. The van der Waals surface area contributed by atoms with Crippen LogP contribution in [0.5, 0.6) is 17.2 Å². The molecule has 1 amide bonds. The Hall–Kier alpha value is -3.89. The molecule has 1 atom stereocenters. The van der Waals surface area contributed by atoms with Crippen LogP contribution in [-0.2, 0) is 17.8 Å². The van der Waals surface area contributed by atoms with Gasteiger partial charge in [-0.05, 0) is 60.5 Å². The summed E-state index contributed by atoms with van der Waals surface area (Å²) in [4.78, 5) is 20.8. The van der Waals surface area contributed by atoms with E-state index < -0.39 is 11.6 Å². The van der Waals surface area contributed by atoms with Gasteiger partial charge in [0.15, 0.2) is 16.6 Å². The number of pyridine rings is 1. The summed E-state index contributed by atoms with van der Waals surface area (Å²) in [5.74, 6) is -0.111. The molecule has 36 heavy (non-hydrogen) atoms. The number of nitrogens with one attached hydrogen (secondary N) is 2. The van der Waals surface area contributed by atoms with Crippen LogP contribution in [0.25, 0.3) is 0 Å². The van der Waals surface area contributed by atoms with Crippen molar-refractivity contribution in [2.24, 2.45) is 0 Å². The molecule has 2 aromatic carbocycles. The molecule has 2 aromatic heterocycles. The van der Waals surface area contributed by atoms with Crippen molar-refractivity contribution in [3.8, 4) is 17.2 Å². The highest BCUT2D eigenvalue weighted by Crippen LogP contribution is 2.39. The van der Waals surface area contributed by atoms with E-state index in [0.29, 0.717) is 29.6 Å². The van der Waals surface area contributed by atoms with Crippen LogP contribution in [0.1, 0.15) is 29.3 Å². The zero-order valence-corrected chi connectivity index (χ0v) is 19.9. The minimum Gasteiger partial charge on any atom is -0.483 e. The molecule has 0 saturated heterocycles. The summed E-state index contributed by atoms with van der Waals surface area (Å²) in [6.07, 6.45) is 4.01. The van der Waals surface area contributed by atoms with Crippen LogP contribution in [0.2, 0.25) is 0 Å². The first-order chi connectivity index (χ1) is 17.5. The number of amides is 1. The number of anilines is 1. The first-order valence-corrected chi connectivity index (χ1v) is 12.2. The van der Waals surface area contributed by atoms with Crippen LogP contribution in [0.15, 0.2) is 66.3 Å². The first kappa shape index (κ1) is 23.8. The highest BCUT2D eigenvalue weighted by atomic mass is 32.1. The van der Waals surface area contributed by atoms with E-state index >= 15 is 0 Å². The molecule has 7 nitrogen and oxygen atoms in total. The van der Waals surface area contributed by atoms with Gasteiger partial charge in [0.05, 0.1) is 0 Å². The lowest BCUT2D eigenvalue weighted by Gasteiger charge is -2.28. The molecule has 4 aromatic rings. The Morgan fingerprint density at radius 3 is 2.83 bits per heavy atom. The van der Waals surface area contributed by atoms with Crippen molar-refractivity contribution < 1.29 is 23.0 Å². The average molecular weight is 509 g/mol. The number of halogens is 2. The average Bonchev–Trinajstić information content (AvgIpc) is 3.37. The van der Waals surface area contributed by atoms with Crippen LogP contribution in [-0.4, -0.2) is 22.4 Å². The Morgan fingerprint density at radius 1 is 1.11 bits per heavy atom. The van der Waals surface area contributed by atoms with Crippen LogP contribution in [0.3, 0.4) is 0 Å². The molecular formula is C26H22F2N4O3S. The van der Waals surface area contributed by atoms with Gasteiger partial charge in [-0.15, -0.1) is 11.3 Å². The van der Waals surface area contributed by atoms with Gasteiger partial charge in [-0.3, -0.25) is 9.78 Å². The largest absolute Gasteiger partial charge is 0.483 e. The summed E-state index contributed by atoms with van der Waals surface area (Å²) in [6.45, 7) is 0.559. The summed E-state index contributed by atoms with van der Waals surface area (Å²) >= 11 is 1.35. The Morgan fingerprint density at radius 2 is 2.03 bits per heavy atom. The van der Waals surface area contributed by atoms with E-state index in [4.69, 9.17) is 9.47 Å². The molecule has 3 heterocycles. The molecular weight excluding hydrogens is 486 g/mol. The van der Waals surface area contributed by atoms with Crippen molar-refractivity contribution in [2.75, 3.05) is 11.9 Å². The zero-order chi connectivity index (χ0) is 24.9. The molecule has 0 spiro atoms. The third kappa shape index (κ3) is 5.67. The monoisotopic (exact) mass is 508 g/mol. The number of thiazole rings is 1. The molecule has 0 bridgehead atoms. The number of hydrogen-bond donors (Lipinski definition) is 2. The lowest BCUT2D eigenvalue weighted by molar-refractivity contribution is -0.116. The number of hydrogen-bond acceptors (Lipinski definition) is 7. The van der Waals surface area contributed by atoms with Crippen LogP contribution < -0.4 is 20.1 Å². The number of fused-ring (bicyclic) bond motifs is 1. The van der Waals surface area contributed by atoms with Gasteiger partial charge in [-0.25, -0.2) is 13.8 Å². The Bertz CT molecular complexity index is 1370. The fraction of sp³-hybridized carbons (Fsp3) is 0.192. The van der Waals surface area contributed by atoms with Gasteiger partial charge in [0.25, 0.3) is 0 Å². The normalized spacial score (nSPS) is 14.7. The third-order valence-electron chi connectivity index (χ3n) is 5.66. The summed E-state index contributed by atoms with van der Waals surface area (Å²) in [5.41, 5.74) is 2.01. The highest BCUT2D eigenvalue weighted by Gasteiger charge is 2.26. The lowest BCUT2D eigenvalue weighted by atomic mass is 9.91. The van der Waals surface area contributed by atoms with E-state index in [9.17, 15) is 13.6 Å². The number of benzene rings is 2. The van der Waals surface area contributed by atoms with Gasteiger partial charge >= 0.3 is 0 Å². The van der Waals surface area contributed by atoms with Crippen molar-refractivity contribution in [1.82, 2.24) is 15.3 Å². The molecule has 0 fully saturated rings. The second-order valence-corrected chi connectivity index (χ2v) is 9.02. The molecule has 0 saturated carbocycles. The highest BCUT2D eigenvalue weighted by molar-refractivity contribution is 7.13. The fourth-order valence-corrected chi connectivity index (χ4v) is 4.54. The molecule has 184 valence electrons. The summed E-state index contributed by atoms with van der Waals surface area (Å²) in [7, 11) is 0. The Kier molecular flexibility index (Phi) is 7.15. The molecule has 0 aliphatic carbocycles. The number of aromatic nitrogens is 2. The Labute approximate surface area is 210 Å². The maximum atomic E-state index is 14.1. The van der Waals surface area contributed by atoms with Gasteiger partial charge < -0.3 is 20.1 Å². The quantitative estimate of drug-likeness (QED) is 0.331. The molecule has 0 unspecified atom stereocenters. The second kappa shape index (κ2) is 10.8. The van der Waals surface area contributed by atoms with E-state index in [-0.39, 0.29) is 36.4 Å². The number of ether oxygens (including phenoxy) is 2. The van der Waals surface area contributed by atoms with E-state index in [2.05, 4.69) is 20.6 Å². The SMILES string of the molecule is O=C(C[C@H]1NCCc2cc(OCc3ncccc3F)c(Oc3cccc(F)c3)cc21)Nc1nccs1. The summed E-state index contributed by atoms with van der Waals surface area (Å²) in [6, 6.07) is 11.9. The zero-order valence-electron chi connectivity index (χ0n) is 19.0.